The van der Waals surface area contributed by atoms with Crippen molar-refractivity contribution in [1.29, 1.82) is 0 Å². The van der Waals surface area contributed by atoms with Gasteiger partial charge in [-0.3, -0.25) is 9.79 Å². The highest BCUT2D eigenvalue weighted by Crippen LogP contribution is 2.44. The highest BCUT2D eigenvalue weighted by Gasteiger charge is 2.41. The predicted octanol–water partition coefficient (Wildman–Crippen LogP) is 3.54. The number of nitrogens with zero attached hydrogens (tertiary/aromatic N) is 5. The lowest BCUT2D eigenvalue weighted by Gasteiger charge is -2.40. The standard InChI is InChI=1S/C23H33ClF3N5O3S2/c1-3-32(37(2,34)35)16-5-4-15(19(24)11-16)10-20(33)30-6-8-31(9-7-30)21-18-12-17(13-23(25,26)27)36-22(18)29-14-28-21/h12,14-16,18-19,22H,3-11,13H2,1-2H3. The Bertz CT molecular complexity index is 1060. The van der Waals surface area contributed by atoms with Gasteiger partial charge in [0.05, 0.1) is 18.6 Å². The summed E-state index contributed by atoms with van der Waals surface area (Å²) in [4.78, 5) is 25.8. The van der Waals surface area contributed by atoms with Gasteiger partial charge in [-0.1, -0.05) is 13.0 Å². The monoisotopic (exact) mass is 583 g/mol. The number of fused-ring (bicyclic) bond motifs is 1. The van der Waals surface area contributed by atoms with Gasteiger partial charge in [-0.2, -0.15) is 17.5 Å². The van der Waals surface area contributed by atoms with E-state index in [4.69, 9.17) is 11.6 Å². The molecule has 2 fully saturated rings. The molecule has 14 heteroatoms. The van der Waals surface area contributed by atoms with Crippen LogP contribution in [0, 0.1) is 11.8 Å². The van der Waals surface area contributed by atoms with Crippen LogP contribution >= 0.6 is 23.4 Å². The zero-order valence-corrected chi connectivity index (χ0v) is 23.3. The van der Waals surface area contributed by atoms with Crippen LogP contribution in [0.3, 0.4) is 0 Å². The number of rotatable bonds is 6. The van der Waals surface area contributed by atoms with Crippen LogP contribution in [0.25, 0.3) is 0 Å². The second-order valence-corrected chi connectivity index (χ2v) is 13.7. The van der Waals surface area contributed by atoms with Crippen LogP contribution in [-0.4, -0.2) is 103 Å². The number of carbonyl (C=O) groups excluding carboxylic acids is 1. The summed E-state index contributed by atoms with van der Waals surface area (Å²) >= 11 is 7.77. The third kappa shape index (κ3) is 7.02. The van der Waals surface area contributed by atoms with E-state index in [0.717, 1.165) is 11.8 Å². The van der Waals surface area contributed by atoms with Crippen molar-refractivity contribution in [3.05, 3.63) is 11.0 Å². The fourth-order valence-corrected chi connectivity index (χ4v) is 8.53. The van der Waals surface area contributed by atoms with Gasteiger partial charge in [0, 0.05) is 50.6 Å². The van der Waals surface area contributed by atoms with Crippen molar-refractivity contribution in [1.82, 2.24) is 14.1 Å². The van der Waals surface area contributed by atoms with Gasteiger partial charge >= 0.3 is 6.18 Å². The highest BCUT2D eigenvalue weighted by molar-refractivity contribution is 8.04. The summed E-state index contributed by atoms with van der Waals surface area (Å²) in [5, 5.41) is -0.600. The Kier molecular flexibility index (Phi) is 8.86. The van der Waals surface area contributed by atoms with Gasteiger partial charge in [-0.15, -0.1) is 23.4 Å². The van der Waals surface area contributed by atoms with E-state index in [1.54, 1.807) is 6.08 Å². The minimum atomic E-state index is -4.26. The van der Waals surface area contributed by atoms with E-state index in [9.17, 15) is 26.4 Å². The molecule has 1 saturated heterocycles. The minimum Gasteiger partial charge on any atom is -0.356 e. The molecule has 0 aromatic heterocycles. The smallest absolute Gasteiger partial charge is 0.356 e. The maximum absolute atomic E-state index is 13.1. The molecule has 0 radical (unpaired) electrons. The number of carbonyl (C=O) groups is 1. The van der Waals surface area contributed by atoms with Gasteiger partial charge in [0.25, 0.3) is 0 Å². The summed E-state index contributed by atoms with van der Waals surface area (Å²) < 4.78 is 64.2. The largest absolute Gasteiger partial charge is 0.393 e. The molecule has 0 spiro atoms. The Morgan fingerprint density at radius 2 is 1.95 bits per heavy atom. The van der Waals surface area contributed by atoms with E-state index in [2.05, 4.69) is 9.98 Å². The van der Waals surface area contributed by atoms with E-state index in [-0.39, 0.29) is 39.4 Å². The fraction of sp³-hybridized carbons (Fsp3) is 0.783. The van der Waals surface area contributed by atoms with E-state index in [0.29, 0.717) is 64.2 Å². The zero-order chi connectivity index (χ0) is 27.0. The van der Waals surface area contributed by atoms with Gasteiger partial charge in [0.15, 0.2) is 0 Å². The minimum absolute atomic E-state index is 0.00546. The number of aliphatic imine (C=N–C) groups is 2. The summed E-state index contributed by atoms with van der Waals surface area (Å²) in [6.45, 7) is 4.31. The number of thioether (sulfide) groups is 1. The summed E-state index contributed by atoms with van der Waals surface area (Å²) in [6, 6.07) is -0.138. The lowest BCUT2D eigenvalue weighted by Crippen LogP contribution is -2.53. The number of alkyl halides is 4. The first-order chi connectivity index (χ1) is 17.4. The van der Waals surface area contributed by atoms with E-state index >= 15 is 0 Å². The Morgan fingerprint density at radius 3 is 2.54 bits per heavy atom. The molecular weight excluding hydrogens is 551 g/mol. The molecule has 4 rings (SSSR count). The van der Waals surface area contributed by atoms with Gasteiger partial charge in [-0.05, 0) is 30.1 Å². The lowest BCUT2D eigenvalue weighted by molar-refractivity contribution is -0.133. The Morgan fingerprint density at radius 1 is 1.24 bits per heavy atom. The second-order valence-electron chi connectivity index (χ2n) is 9.99. The van der Waals surface area contributed by atoms with Crippen molar-refractivity contribution in [3.63, 3.8) is 0 Å². The molecule has 0 aromatic rings. The molecule has 4 aliphatic rings. The topological polar surface area (TPSA) is 85.7 Å². The van der Waals surface area contributed by atoms with Crippen LogP contribution in [0.15, 0.2) is 21.0 Å². The quantitative estimate of drug-likeness (QED) is 0.447. The first kappa shape index (κ1) is 28.7. The first-order valence-corrected chi connectivity index (χ1v) is 15.7. The molecule has 3 heterocycles. The van der Waals surface area contributed by atoms with Crippen LogP contribution < -0.4 is 0 Å². The van der Waals surface area contributed by atoms with Gasteiger partial charge in [-0.25, -0.2) is 13.4 Å². The third-order valence-electron chi connectivity index (χ3n) is 7.44. The van der Waals surface area contributed by atoms with Crippen molar-refractivity contribution in [2.75, 3.05) is 39.0 Å². The SMILES string of the molecule is CCN(C1CCC(CC(=O)N2CCN(C3=NC=NC4SC(CC(F)(F)F)=CC34)CC2)C(Cl)C1)S(C)(=O)=O. The van der Waals surface area contributed by atoms with Crippen LogP contribution in [0.1, 0.15) is 39.0 Å². The van der Waals surface area contributed by atoms with E-state index in [1.165, 1.54) is 16.9 Å². The van der Waals surface area contributed by atoms with E-state index < -0.39 is 22.6 Å². The molecule has 5 unspecified atom stereocenters. The number of sulfonamides is 1. The number of piperazine rings is 1. The van der Waals surface area contributed by atoms with Gasteiger partial charge in [0.2, 0.25) is 15.9 Å². The number of amidine groups is 1. The highest BCUT2D eigenvalue weighted by atomic mass is 35.5. The van der Waals surface area contributed by atoms with Crippen molar-refractivity contribution >= 4 is 51.5 Å². The fourth-order valence-electron chi connectivity index (χ4n) is 5.66. The summed E-state index contributed by atoms with van der Waals surface area (Å²) in [5.41, 5.74) is 0. The number of amides is 1. The molecule has 0 bridgehead atoms. The third-order valence-corrected chi connectivity index (χ3v) is 10.6. The van der Waals surface area contributed by atoms with Crippen molar-refractivity contribution in [3.8, 4) is 0 Å². The van der Waals surface area contributed by atoms with Crippen LogP contribution in [0.5, 0.6) is 0 Å². The van der Waals surface area contributed by atoms with Crippen LogP contribution in [0.4, 0.5) is 13.2 Å². The van der Waals surface area contributed by atoms with Crippen LogP contribution in [0.2, 0.25) is 0 Å². The van der Waals surface area contributed by atoms with Crippen LogP contribution in [-0.2, 0) is 14.8 Å². The van der Waals surface area contributed by atoms with Gasteiger partial charge in [0.1, 0.15) is 17.5 Å². The number of hydrogen-bond acceptors (Lipinski definition) is 7. The molecule has 37 heavy (non-hydrogen) atoms. The molecular formula is C23H33ClF3N5O3S2. The average Bonchev–Trinajstić information content (AvgIpc) is 3.21. The Balaban J connectivity index is 1.28. The van der Waals surface area contributed by atoms with Crippen molar-refractivity contribution < 1.29 is 26.4 Å². The molecule has 208 valence electrons. The maximum atomic E-state index is 13.1. The normalized spacial score (nSPS) is 30.8. The number of hydrogen-bond donors (Lipinski definition) is 0. The predicted molar refractivity (Wildman–Crippen MR) is 140 cm³/mol. The average molecular weight is 584 g/mol. The second kappa shape index (κ2) is 11.4. The molecule has 3 aliphatic heterocycles. The van der Waals surface area contributed by atoms with E-state index in [1.807, 2.05) is 16.7 Å². The van der Waals surface area contributed by atoms with Gasteiger partial charge < -0.3 is 9.80 Å². The number of halogens is 4. The first-order valence-electron chi connectivity index (χ1n) is 12.5. The molecule has 1 aliphatic carbocycles. The molecule has 0 aromatic carbocycles. The molecule has 1 saturated carbocycles. The summed E-state index contributed by atoms with van der Waals surface area (Å²) in [6.07, 6.45) is 1.28. The maximum Gasteiger partial charge on any atom is 0.393 e. The summed E-state index contributed by atoms with van der Waals surface area (Å²) in [7, 11) is -3.30. The van der Waals surface area contributed by atoms with Crippen molar-refractivity contribution in [2.45, 2.75) is 62.0 Å². The summed E-state index contributed by atoms with van der Waals surface area (Å²) in [5.74, 6) is 0.436. The molecule has 1 amide bonds. The zero-order valence-electron chi connectivity index (χ0n) is 20.9. The molecule has 5 atom stereocenters. The Labute approximate surface area is 225 Å². The number of allylic oxidation sites excluding steroid dienone is 1. The lowest BCUT2D eigenvalue weighted by atomic mass is 9.83. The molecule has 0 N–H and O–H groups in total. The molecule has 8 nitrogen and oxygen atoms in total. The van der Waals surface area contributed by atoms with Crippen molar-refractivity contribution in [2.24, 2.45) is 21.8 Å². The Hall–Kier alpha value is -1.31.